The Kier molecular flexibility index (Phi) is 4.09. The highest BCUT2D eigenvalue weighted by molar-refractivity contribution is 6.30. The number of hydrogen-bond acceptors (Lipinski definition) is 2. The number of fused-ring (bicyclic) bond motifs is 1. The predicted molar refractivity (Wildman–Crippen MR) is 94.0 cm³/mol. The first kappa shape index (κ1) is 15.7. The number of aromatic nitrogens is 2. The Bertz CT molecular complexity index is 701. The molecule has 1 amide bonds. The molecule has 0 bridgehead atoms. The largest absolute Gasteiger partial charge is 0.349 e. The normalized spacial score (nSPS) is 29.1. The van der Waals surface area contributed by atoms with Crippen LogP contribution in [0.15, 0.2) is 42.7 Å². The Balaban J connectivity index is 1.36. The van der Waals surface area contributed by atoms with Crippen molar-refractivity contribution in [2.75, 3.05) is 0 Å². The van der Waals surface area contributed by atoms with Crippen LogP contribution in [0.3, 0.4) is 0 Å². The van der Waals surface area contributed by atoms with Crippen molar-refractivity contribution in [2.45, 2.75) is 38.3 Å². The van der Waals surface area contributed by atoms with Gasteiger partial charge in [-0.2, -0.15) is 5.10 Å². The molecule has 1 N–H and O–H groups in total. The van der Waals surface area contributed by atoms with Crippen molar-refractivity contribution in [3.63, 3.8) is 0 Å². The Labute approximate surface area is 147 Å². The molecule has 0 spiro atoms. The zero-order valence-corrected chi connectivity index (χ0v) is 14.5. The van der Waals surface area contributed by atoms with E-state index in [4.69, 9.17) is 11.6 Å². The minimum atomic E-state index is 0.00659. The monoisotopic (exact) mass is 343 g/mol. The van der Waals surface area contributed by atoms with Gasteiger partial charge in [-0.15, -0.1) is 0 Å². The van der Waals surface area contributed by atoms with Crippen LogP contribution in [-0.4, -0.2) is 21.7 Å². The van der Waals surface area contributed by atoms with Crippen molar-refractivity contribution in [3.8, 4) is 0 Å². The van der Waals surface area contributed by atoms with Crippen LogP contribution >= 0.6 is 11.6 Å². The maximum atomic E-state index is 12.5. The smallest absolute Gasteiger partial charge is 0.251 e. The molecule has 0 aliphatic heterocycles. The summed E-state index contributed by atoms with van der Waals surface area (Å²) in [5, 5.41) is 8.27. The van der Waals surface area contributed by atoms with E-state index in [2.05, 4.69) is 28.2 Å². The molecule has 2 aliphatic carbocycles. The standard InChI is InChI=1S/C19H22ClN3O/c1-2-17(22-19(24)12-4-6-13(20)7-5-12)18-15-10-14(11-16(15)18)23-9-3-8-21-23/h3-9,14-18H,2,10-11H2,1H3,(H,22,24)/t14?,15-,16+,17-,18?/m1/s1. The first-order valence-corrected chi connectivity index (χ1v) is 9.10. The van der Waals surface area contributed by atoms with Crippen LogP contribution < -0.4 is 5.32 Å². The third kappa shape index (κ3) is 2.84. The van der Waals surface area contributed by atoms with E-state index in [0.29, 0.717) is 22.5 Å². The molecule has 4 rings (SSSR count). The fraction of sp³-hybridized carbons (Fsp3) is 0.474. The Morgan fingerprint density at radius 1 is 1.33 bits per heavy atom. The average molecular weight is 344 g/mol. The number of benzene rings is 1. The molecule has 0 radical (unpaired) electrons. The van der Waals surface area contributed by atoms with Gasteiger partial charge in [-0.05, 0) is 67.3 Å². The molecule has 4 nitrogen and oxygen atoms in total. The van der Waals surface area contributed by atoms with Gasteiger partial charge in [0.25, 0.3) is 5.91 Å². The highest BCUT2D eigenvalue weighted by Gasteiger charge is 2.59. The van der Waals surface area contributed by atoms with E-state index >= 15 is 0 Å². The summed E-state index contributed by atoms with van der Waals surface area (Å²) in [5.74, 6) is 2.09. The SMILES string of the molecule is CC[C@@H](NC(=O)c1ccc(Cl)cc1)C1[C@H]2CC(n3cccn3)C[C@@H]12. The van der Waals surface area contributed by atoms with Crippen molar-refractivity contribution in [1.82, 2.24) is 15.1 Å². The predicted octanol–water partition coefficient (Wildman–Crippen LogP) is 3.94. The summed E-state index contributed by atoms with van der Waals surface area (Å²) in [6, 6.07) is 9.88. The fourth-order valence-corrected chi connectivity index (χ4v) is 4.62. The minimum Gasteiger partial charge on any atom is -0.349 e. The molecule has 2 unspecified atom stereocenters. The second-order valence-corrected chi connectivity index (χ2v) is 7.45. The van der Waals surface area contributed by atoms with Crippen molar-refractivity contribution in [1.29, 1.82) is 0 Å². The van der Waals surface area contributed by atoms with Crippen LogP contribution in [0.1, 0.15) is 42.6 Å². The molecule has 0 saturated heterocycles. The number of halogens is 1. The molecule has 1 aromatic carbocycles. The van der Waals surface area contributed by atoms with Gasteiger partial charge in [0.15, 0.2) is 0 Å². The van der Waals surface area contributed by atoms with E-state index in [1.165, 1.54) is 12.8 Å². The van der Waals surface area contributed by atoms with Gasteiger partial charge in [0.05, 0.1) is 6.04 Å². The summed E-state index contributed by atoms with van der Waals surface area (Å²) >= 11 is 5.89. The summed E-state index contributed by atoms with van der Waals surface area (Å²) in [5.41, 5.74) is 0.679. The first-order chi connectivity index (χ1) is 11.7. The van der Waals surface area contributed by atoms with Gasteiger partial charge in [0.1, 0.15) is 0 Å². The molecule has 24 heavy (non-hydrogen) atoms. The van der Waals surface area contributed by atoms with Gasteiger partial charge in [-0.1, -0.05) is 18.5 Å². The Morgan fingerprint density at radius 2 is 2.04 bits per heavy atom. The van der Waals surface area contributed by atoms with Gasteiger partial charge >= 0.3 is 0 Å². The molecule has 2 aromatic rings. The van der Waals surface area contributed by atoms with E-state index in [9.17, 15) is 4.79 Å². The van der Waals surface area contributed by atoms with Crippen LogP contribution in [0.4, 0.5) is 0 Å². The maximum Gasteiger partial charge on any atom is 0.251 e. The first-order valence-electron chi connectivity index (χ1n) is 8.73. The molecule has 2 fully saturated rings. The average Bonchev–Trinajstić information content (AvgIpc) is 3.02. The number of nitrogens with zero attached hydrogens (tertiary/aromatic N) is 2. The van der Waals surface area contributed by atoms with E-state index in [1.54, 1.807) is 24.3 Å². The van der Waals surface area contributed by atoms with E-state index in [0.717, 1.165) is 18.3 Å². The van der Waals surface area contributed by atoms with Crippen molar-refractivity contribution in [2.24, 2.45) is 17.8 Å². The summed E-state index contributed by atoms with van der Waals surface area (Å²) in [6.07, 6.45) is 7.25. The molecular weight excluding hydrogens is 322 g/mol. The Morgan fingerprint density at radius 3 is 2.62 bits per heavy atom. The molecular formula is C19H22ClN3O. The zero-order valence-electron chi connectivity index (χ0n) is 13.7. The minimum absolute atomic E-state index is 0.00659. The summed E-state index contributed by atoms with van der Waals surface area (Å²) in [7, 11) is 0. The summed E-state index contributed by atoms with van der Waals surface area (Å²) in [4.78, 5) is 12.5. The maximum absolute atomic E-state index is 12.5. The lowest BCUT2D eigenvalue weighted by Crippen LogP contribution is -2.37. The molecule has 5 atom stereocenters. The highest BCUT2D eigenvalue weighted by Crippen LogP contribution is 2.62. The summed E-state index contributed by atoms with van der Waals surface area (Å²) < 4.78 is 2.09. The third-order valence-electron chi connectivity index (χ3n) is 5.71. The molecule has 5 heteroatoms. The molecule has 2 saturated carbocycles. The van der Waals surface area contributed by atoms with E-state index < -0.39 is 0 Å². The van der Waals surface area contributed by atoms with Gasteiger partial charge in [0.2, 0.25) is 0 Å². The fourth-order valence-electron chi connectivity index (χ4n) is 4.50. The quantitative estimate of drug-likeness (QED) is 0.893. The van der Waals surface area contributed by atoms with Gasteiger partial charge in [-0.3, -0.25) is 9.48 Å². The number of amides is 1. The second-order valence-electron chi connectivity index (χ2n) is 7.01. The molecule has 1 heterocycles. The van der Waals surface area contributed by atoms with Crippen LogP contribution in [0.2, 0.25) is 5.02 Å². The van der Waals surface area contributed by atoms with Crippen molar-refractivity contribution >= 4 is 17.5 Å². The van der Waals surface area contributed by atoms with Gasteiger partial charge in [0, 0.05) is 29.0 Å². The van der Waals surface area contributed by atoms with Crippen molar-refractivity contribution in [3.05, 3.63) is 53.3 Å². The number of carbonyl (C=O) groups is 1. The van der Waals surface area contributed by atoms with E-state index in [1.807, 2.05) is 12.3 Å². The molecule has 2 aliphatic rings. The van der Waals surface area contributed by atoms with Gasteiger partial charge in [-0.25, -0.2) is 0 Å². The topological polar surface area (TPSA) is 46.9 Å². The lowest BCUT2D eigenvalue weighted by molar-refractivity contribution is 0.0926. The highest BCUT2D eigenvalue weighted by atomic mass is 35.5. The van der Waals surface area contributed by atoms with Crippen molar-refractivity contribution < 1.29 is 4.79 Å². The third-order valence-corrected chi connectivity index (χ3v) is 5.96. The lowest BCUT2D eigenvalue weighted by atomic mass is 9.99. The molecule has 126 valence electrons. The van der Waals surface area contributed by atoms with Gasteiger partial charge < -0.3 is 5.32 Å². The molecule has 1 aromatic heterocycles. The number of nitrogens with one attached hydrogen (secondary N) is 1. The van der Waals surface area contributed by atoms with Crippen LogP contribution in [-0.2, 0) is 0 Å². The van der Waals surface area contributed by atoms with Crippen LogP contribution in [0.5, 0.6) is 0 Å². The van der Waals surface area contributed by atoms with E-state index in [-0.39, 0.29) is 11.9 Å². The summed E-state index contributed by atoms with van der Waals surface area (Å²) in [6.45, 7) is 2.16. The number of hydrogen-bond donors (Lipinski definition) is 1. The van der Waals surface area contributed by atoms with Crippen LogP contribution in [0, 0.1) is 17.8 Å². The zero-order chi connectivity index (χ0) is 16.7. The number of carbonyl (C=O) groups excluding carboxylic acids is 1. The van der Waals surface area contributed by atoms with Crippen LogP contribution in [0.25, 0.3) is 0 Å². The lowest BCUT2D eigenvalue weighted by Gasteiger charge is -2.21. The Hall–Kier alpha value is -1.81. The second kappa shape index (κ2) is 6.25. The number of rotatable bonds is 5.